The standard InChI is InChI=1S/C11H16.C3H8.C2H6/c1-8(2)11-6-5-9(3)10(4)7-11;1-3-2;1-2/h5-8H,1-4H3;3H2,1-2H3;1-2H3. The van der Waals surface area contributed by atoms with Crippen LogP contribution in [0.2, 0.25) is 0 Å². The second-order valence-electron chi connectivity index (χ2n) is 4.21. The third-order valence-corrected chi connectivity index (χ3v) is 2.20. The summed E-state index contributed by atoms with van der Waals surface area (Å²) in [6.07, 6.45) is 1.25. The summed E-state index contributed by atoms with van der Waals surface area (Å²) in [7, 11) is 0. The largest absolute Gasteiger partial charge is 0.0683 e. The maximum Gasteiger partial charge on any atom is -0.0219 e. The van der Waals surface area contributed by atoms with E-state index in [1.807, 2.05) is 13.8 Å². The highest BCUT2D eigenvalue weighted by molar-refractivity contribution is 5.31. The van der Waals surface area contributed by atoms with Crippen molar-refractivity contribution in [2.45, 2.75) is 67.7 Å². The molecule has 0 amide bonds. The molecule has 0 aliphatic rings. The maximum atomic E-state index is 2.28. The fourth-order valence-corrected chi connectivity index (χ4v) is 1.12. The Hall–Kier alpha value is -0.780. The van der Waals surface area contributed by atoms with Gasteiger partial charge in [0.15, 0.2) is 0 Å². The third kappa shape index (κ3) is 7.50. The maximum absolute atomic E-state index is 2.28. The molecule has 1 rings (SSSR count). The van der Waals surface area contributed by atoms with Crippen molar-refractivity contribution < 1.29 is 0 Å². The Bertz CT molecular complexity index is 259. The Morgan fingerprint density at radius 3 is 1.69 bits per heavy atom. The van der Waals surface area contributed by atoms with E-state index in [4.69, 9.17) is 0 Å². The summed E-state index contributed by atoms with van der Waals surface area (Å²) in [5, 5.41) is 0. The molecule has 0 spiro atoms. The van der Waals surface area contributed by atoms with Crippen molar-refractivity contribution in [3.05, 3.63) is 34.9 Å². The fraction of sp³-hybridized carbons (Fsp3) is 0.625. The van der Waals surface area contributed by atoms with Crippen LogP contribution in [-0.4, -0.2) is 0 Å². The highest BCUT2D eigenvalue weighted by Gasteiger charge is 1.99. The van der Waals surface area contributed by atoms with Crippen LogP contribution < -0.4 is 0 Å². The van der Waals surface area contributed by atoms with E-state index in [0.29, 0.717) is 5.92 Å². The summed E-state index contributed by atoms with van der Waals surface area (Å²) in [5.74, 6) is 0.647. The zero-order valence-electron chi connectivity index (χ0n) is 12.5. The molecule has 0 aromatic heterocycles. The van der Waals surface area contributed by atoms with Gasteiger partial charge in [0.05, 0.1) is 0 Å². The topological polar surface area (TPSA) is 0 Å². The van der Waals surface area contributed by atoms with E-state index in [-0.39, 0.29) is 0 Å². The summed E-state index contributed by atoms with van der Waals surface area (Å²) >= 11 is 0. The molecule has 0 saturated heterocycles. The van der Waals surface area contributed by atoms with Gasteiger partial charge in [0.2, 0.25) is 0 Å². The molecule has 1 aromatic carbocycles. The monoisotopic (exact) mass is 222 g/mol. The summed E-state index contributed by atoms with van der Waals surface area (Å²) < 4.78 is 0. The molecule has 0 atom stereocenters. The second kappa shape index (κ2) is 10.7. The quantitative estimate of drug-likeness (QED) is 0.557. The zero-order valence-corrected chi connectivity index (χ0v) is 12.5. The van der Waals surface area contributed by atoms with Gasteiger partial charge in [-0.05, 0) is 36.5 Å². The van der Waals surface area contributed by atoms with Crippen LogP contribution in [0.3, 0.4) is 0 Å². The molecule has 0 radical (unpaired) electrons. The van der Waals surface area contributed by atoms with Crippen molar-refractivity contribution >= 4 is 0 Å². The highest BCUT2D eigenvalue weighted by atomic mass is 14.0. The van der Waals surface area contributed by atoms with E-state index in [1.165, 1.54) is 23.1 Å². The molecule has 0 aliphatic carbocycles. The summed E-state index contributed by atoms with van der Waals surface area (Å²) in [6, 6.07) is 6.69. The zero-order chi connectivity index (χ0) is 13.1. The number of aryl methyl sites for hydroxylation is 2. The second-order valence-corrected chi connectivity index (χ2v) is 4.21. The molecule has 0 aliphatic heterocycles. The molecule has 0 unspecified atom stereocenters. The van der Waals surface area contributed by atoms with Gasteiger partial charge in [0, 0.05) is 0 Å². The lowest BCUT2D eigenvalue weighted by molar-refractivity contribution is 0.864. The van der Waals surface area contributed by atoms with Gasteiger partial charge in [-0.1, -0.05) is 66.2 Å². The molecule has 0 N–H and O–H groups in total. The molecule has 0 fully saturated rings. The van der Waals surface area contributed by atoms with Gasteiger partial charge < -0.3 is 0 Å². The number of hydrogen-bond donors (Lipinski definition) is 0. The number of benzene rings is 1. The normalized spacial score (nSPS) is 8.81. The first-order valence-electron chi connectivity index (χ1n) is 6.60. The lowest BCUT2D eigenvalue weighted by Gasteiger charge is -2.07. The van der Waals surface area contributed by atoms with Gasteiger partial charge >= 0.3 is 0 Å². The summed E-state index contributed by atoms with van der Waals surface area (Å²) in [5.41, 5.74) is 4.22. The summed E-state index contributed by atoms with van der Waals surface area (Å²) in [6.45, 7) is 17.0. The lowest BCUT2D eigenvalue weighted by atomic mass is 9.99. The van der Waals surface area contributed by atoms with Crippen molar-refractivity contribution in [1.29, 1.82) is 0 Å². The molecular formula is C16H30. The molecule has 94 valence electrons. The van der Waals surface area contributed by atoms with E-state index in [9.17, 15) is 0 Å². The van der Waals surface area contributed by atoms with E-state index >= 15 is 0 Å². The van der Waals surface area contributed by atoms with Crippen LogP contribution in [0.1, 0.15) is 70.6 Å². The fourth-order valence-electron chi connectivity index (χ4n) is 1.12. The smallest absolute Gasteiger partial charge is 0.0219 e. The van der Waals surface area contributed by atoms with E-state index in [0.717, 1.165) is 0 Å². The van der Waals surface area contributed by atoms with Crippen molar-refractivity contribution in [2.24, 2.45) is 0 Å². The molecule has 0 saturated carbocycles. The SMILES string of the molecule is CC.CCC.Cc1ccc(C(C)C)cc1C. The molecule has 0 nitrogen and oxygen atoms in total. The van der Waals surface area contributed by atoms with Gasteiger partial charge in [-0.2, -0.15) is 0 Å². The van der Waals surface area contributed by atoms with Crippen LogP contribution in [-0.2, 0) is 0 Å². The van der Waals surface area contributed by atoms with Crippen molar-refractivity contribution in [3.63, 3.8) is 0 Å². The average Bonchev–Trinajstić information content (AvgIpc) is 2.26. The van der Waals surface area contributed by atoms with Gasteiger partial charge in [-0.15, -0.1) is 0 Å². The minimum absolute atomic E-state index is 0.647. The Kier molecular flexibility index (Phi) is 11.8. The van der Waals surface area contributed by atoms with Crippen LogP contribution >= 0.6 is 0 Å². The Morgan fingerprint density at radius 2 is 1.38 bits per heavy atom. The first-order valence-corrected chi connectivity index (χ1v) is 6.60. The van der Waals surface area contributed by atoms with Gasteiger partial charge in [0.1, 0.15) is 0 Å². The minimum Gasteiger partial charge on any atom is -0.0683 e. The van der Waals surface area contributed by atoms with Crippen molar-refractivity contribution in [2.75, 3.05) is 0 Å². The minimum atomic E-state index is 0.647. The number of rotatable bonds is 1. The summed E-state index contributed by atoms with van der Waals surface area (Å²) in [4.78, 5) is 0. The Balaban J connectivity index is 0. The highest BCUT2D eigenvalue weighted by Crippen LogP contribution is 2.17. The first kappa shape index (κ1) is 17.6. The molecule has 0 heteroatoms. The van der Waals surface area contributed by atoms with Crippen LogP contribution in [0.5, 0.6) is 0 Å². The first-order chi connectivity index (χ1) is 7.52. The van der Waals surface area contributed by atoms with Crippen LogP contribution in [0, 0.1) is 13.8 Å². The number of hydrogen-bond acceptors (Lipinski definition) is 0. The molecule has 1 aromatic rings. The van der Waals surface area contributed by atoms with Gasteiger partial charge in [-0.25, -0.2) is 0 Å². The predicted molar refractivity (Wildman–Crippen MR) is 77.3 cm³/mol. The van der Waals surface area contributed by atoms with Gasteiger partial charge in [-0.3, -0.25) is 0 Å². The molecule has 0 heterocycles. The van der Waals surface area contributed by atoms with Crippen LogP contribution in [0.25, 0.3) is 0 Å². The third-order valence-electron chi connectivity index (χ3n) is 2.20. The van der Waals surface area contributed by atoms with E-state index < -0.39 is 0 Å². The van der Waals surface area contributed by atoms with Gasteiger partial charge in [0.25, 0.3) is 0 Å². The molecule has 0 bridgehead atoms. The Morgan fingerprint density at radius 1 is 0.938 bits per heavy atom. The van der Waals surface area contributed by atoms with Crippen LogP contribution in [0.4, 0.5) is 0 Å². The average molecular weight is 222 g/mol. The van der Waals surface area contributed by atoms with E-state index in [2.05, 4.69) is 59.7 Å². The lowest BCUT2D eigenvalue weighted by Crippen LogP contribution is -1.89. The van der Waals surface area contributed by atoms with Crippen molar-refractivity contribution in [3.8, 4) is 0 Å². The Labute approximate surface area is 103 Å². The van der Waals surface area contributed by atoms with Crippen molar-refractivity contribution in [1.82, 2.24) is 0 Å². The van der Waals surface area contributed by atoms with E-state index in [1.54, 1.807) is 0 Å². The molecule has 16 heavy (non-hydrogen) atoms. The predicted octanol–water partition coefficient (Wildman–Crippen LogP) is 5.87. The van der Waals surface area contributed by atoms with Crippen LogP contribution in [0.15, 0.2) is 18.2 Å². The molecular weight excluding hydrogens is 192 g/mol.